The number of hydrogen-bond donors (Lipinski definition) is 3. The lowest BCUT2D eigenvalue weighted by molar-refractivity contribution is -0.122. The number of nitrogens with one attached hydrogen (secondary N) is 2. The molecule has 2 aromatic heterocycles. The van der Waals surface area contributed by atoms with Crippen molar-refractivity contribution in [1.82, 2.24) is 15.6 Å². The third-order valence-corrected chi connectivity index (χ3v) is 8.41. The van der Waals surface area contributed by atoms with Crippen LogP contribution in [-0.4, -0.2) is 29.8 Å². The topological polar surface area (TPSA) is 110 Å². The Labute approximate surface area is 264 Å². The van der Waals surface area contributed by atoms with E-state index in [2.05, 4.69) is 15.6 Å². The van der Waals surface area contributed by atoms with Crippen molar-refractivity contribution >= 4 is 29.1 Å². The Hall–Kier alpha value is -5.12. The summed E-state index contributed by atoms with van der Waals surface area (Å²) >= 11 is 0. The van der Waals surface area contributed by atoms with E-state index in [9.17, 15) is 22.8 Å². The molecule has 0 radical (unpaired) electrons. The van der Waals surface area contributed by atoms with Gasteiger partial charge < -0.3 is 20.8 Å². The van der Waals surface area contributed by atoms with Crippen LogP contribution < -0.4 is 16.4 Å². The standard InChI is InChI=1S/C36H33F3N4O3/c37-28-8-5-24(6-9-28)31-17-26(23-3-1-22(2-4-23)11-12-36(38,39)13-14-41-21-44)15-27-16-29(46-34(27)31)20-43-35(45)32-18-30(32)25-7-10-33(40)42-19-25/h1-10,15-17,19,21,30,32H,11-14,18,20H2,(H2,40,42)(H,41,44)(H,43,45). The number of hydrogen-bond acceptors (Lipinski definition) is 5. The highest BCUT2D eigenvalue weighted by atomic mass is 19.3. The molecular formula is C36H33F3N4O3. The van der Waals surface area contributed by atoms with Gasteiger partial charge in [-0.2, -0.15) is 0 Å². The summed E-state index contributed by atoms with van der Waals surface area (Å²) in [5, 5.41) is 6.08. The molecule has 1 aliphatic carbocycles. The fourth-order valence-corrected chi connectivity index (χ4v) is 5.73. The van der Waals surface area contributed by atoms with E-state index in [1.54, 1.807) is 24.4 Å². The number of nitrogens with zero attached hydrogens (tertiary/aromatic N) is 1. The number of amides is 2. The monoisotopic (exact) mass is 626 g/mol. The summed E-state index contributed by atoms with van der Waals surface area (Å²) in [4.78, 5) is 27.4. The lowest BCUT2D eigenvalue weighted by Crippen LogP contribution is -2.24. The number of rotatable bonds is 13. The number of fused-ring (bicyclic) bond motifs is 1. The van der Waals surface area contributed by atoms with Crippen LogP contribution in [-0.2, 0) is 22.6 Å². The fraction of sp³-hybridized carbons (Fsp3) is 0.250. The third kappa shape index (κ3) is 7.22. The van der Waals surface area contributed by atoms with E-state index in [0.29, 0.717) is 23.6 Å². The average Bonchev–Trinajstić information content (AvgIpc) is 3.75. The van der Waals surface area contributed by atoms with Crippen LogP contribution in [0.25, 0.3) is 33.2 Å². The molecular weight excluding hydrogens is 593 g/mol. The molecule has 3 aromatic carbocycles. The highest BCUT2D eigenvalue weighted by Crippen LogP contribution is 2.47. The first-order valence-corrected chi connectivity index (χ1v) is 15.1. The maximum Gasteiger partial charge on any atom is 0.250 e. The number of nitrogen functional groups attached to an aromatic ring is 1. The van der Waals surface area contributed by atoms with Crippen LogP contribution in [0.1, 0.15) is 42.1 Å². The molecule has 0 saturated heterocycles. The molecule has 7 nitrogen and oxygen atoms in total. The van der Waals surface area contributed by atoms with Crippen LogP contribution in [0, 0.1) is 11.7 Å². The number of furan rings is 1. The number of carbonyl (C=O) groups is 2. The number of aromatic nitrogens is 1. The highest BCUT2D eigenvalue weighted by Gasteiger charge is 2.44. The molecule has 2 heterocycles. The van der Waals surface area contributed by atoms with Gasteiger partial charge in [0.05, 0.1) is 6.54 Å². The molecule has 1 aliphatic rings. The molecule has 10 heteroatoms. The summed E-state index contributed by atoms with van der Waals surface area (Å²) in [5.41, 5.74) is 11.3. The molecule has 2 amide bonds. The highest BCUT2D eigenvalue weighted by molar-refractivity contribution is 5.97. The smallest absolute Gasteiger partial charge is 0.250 e. The van der Waals surface area contributed by atoms with Gasteiger partial charge in [-0.05, 0) is 83.0 Å². The minimum Gasteiger partial charge on any atom is -0.459 e. The molecule has 0 bridgehead atoms. The van der Waals surface area contributed by atoms with Gasteiger partial charge in [0.1, 0.15) is 23.0 Å². The summed E-state index contributed by atoms with van der Waals surface area (Å²) in [5.74, 6) is -2.29. The van der Waals surface area contributed by atoms with E-state index in [-0.39, 0.29) is 49.5 Å². The van der Waals surface area contributed by atoms with Crippen molar-refractivity contribution in [2.75, 3.05) is 12.3 Å². The molecule has 2 unspecified atom stereocenters. The summed E-state index contributed by atoms with van der Waals surface area (Å²) in [7, 11) is 0. The predicted molar refractivity (Wildman–Crippen MR) is 170 cm³/mol. The Morgan fingerprint density at radius 1 is 0.978 bits per heavy atom. The number of anilines is 1. The quantitative estimate of drug-likeness (QED) is 0.0963. The molecule has 0 spiro atoms. The van der Waals surface area contributed by atoms with Gasteiger partial charge in [-0.1, -0.05) is 42.5 Å². The van der Waals surface area contributed by atoms with Crippen LogP contribution in [0.5, 0.6) is 0 Å². The summed E-state index contributed by atoms with van der Waals surface area (Å²) < 4.78 is 48.4. The first-order chi connectivity index (χ1) is 22.2. The fourth-order valence-electron chi connectivity index (χ4n) is 5.73. The first kappa shape index (κ1) is 30.9. The van der Waals surface area contributed by atoms with Crippen molar-refractivity contribution in [3.63, 3.8) is 0 Å². The van der Waals surface area contributed by atoms with Crippen molar-refractivity contribution in [2.45, 2.75) is 44.1 Å². The molecule has 46 heavy (non-hydrogen) atoms. The second-order valence-corrected chi connectivity index (χ2v) is 11.7. The molecule has 6 rings (SSSR count). The molecule has 5 aromatic rings. The minimum atomic E-state index is -2.88. The molecule has 0 aliphatic heterocycles. The van der Waals surface area contributed by atoms with Gasteiger partial charge in [-0.3, -0.25) is 9.59 Å². The SMILES string of the molecule is Nc1ccc(C2CC2C(=O)NCc2cc3cc(-c4ccc(CCC(F)(F)CCNC=O)cc4)cc(-c4ccc(F)cc4)c3o2)cn1. The third-order valence-electron chi connectivity index (χ3n) is 8.41. The van der Waals surface area contributed by atoms with Crippen LogP contribution in [0.2, 0.25) is 0 Å². The largest absolute Gasteiger partial charge is 0.459 e. The van der Waals surface area contributed by atoms with Crippen molar-refractivity contribution < 1.29 is 27.2 Å². The number of carbonyl (C=O) groups excluding carboxylic acids is 2. The molecule has 1 fully saturated rings. The van der Waals surface area contributed by atoms with E-state index in [0.717, 1.165) is 45.2 Å². The molecule has 236 valence electrons. The Balaban J connectivity index is 1.19. The number of benzene rings is 3. The van der Waals surface area contributed by atoms with Gasteiger partial charge in [0, 0.05) is 42.5 Å². The van der Waals surface area contributed by atoms with E-state index in [1.807, 2.05) is 48.5 Å². The summed E-state index contributed by atoms with van der Waals surface area (Å²) in [6, 6.07) is 23.1. The average molecular weight is 627 g/mol. The number of nitrogens with two attached hydrogens (primary N) is 1. The van der Waals surface area contributed by atoms with Crippen molar-refractivity contribution in [3.8, 4) is 22.3 Å². The Kier molecular flexibility index (Phi) is 8.78. The van der Waals surface area contributed by atoms with Crippen molar-refractivity contribution in [1.29, 1.82) is 0 Å². The van der Waals surface area contributed by atoms with Gasteiger partial charge in [0.25, 0.3) is 0 Å². The maximum atomic E-state index is 14.2. The Morgan fingerprint density at radius 2 is 1.74 bits per heavy atom. The molecule has 2 atom stereocenters. The van der Waals surface area contributed by atoms with Gasteiger partial charge in [0.15, 0.2) is 0 Å². The van der Waals surface area contributed by atoms with E-state index < -0.39 is 12.3 Å². The second-order valence-electron chi connectivity index (χ2n) is 11.7. The predicted octanol–water partition coefficient (Wildman–Crippen LogP) is 7.01. The number of halogens is 3. The van der Waals surface area contributed by atoms with Gasteiger partial charge in [-0.15, -0.1) is 0 Å². The van der Waals surface area contributed by atoms with Gasteiger partial charge in [0.2, 0.25) is 18.2 Å². The van der Waals surface area contributed by atoms with Crippen LogP contribution in [0.4, 0.5) is 19.0 Å². The summed E-state index contributed by atoms with van der Waals surface area (Å²) in [6.45, 7) is 0.138. The zero-order valence-electron chi connectivity index (χ0n) is 24.9. The van der Waals surface area contributed by atoms with E-state index >= 15 is 0 Å². The molecule has 4 N–H and O–H groups in total. The van der Waals surface area contributed by atoms with E-state index in [4.69, 9.17) is 10.2 Å². The Morgan fingerprint density at radius 3 is 2.46 bits per heavy atom. The van der Waals surface area contributed by atoms with Gasteiger partial charge >= 0.3 is 0 Å². The second kappa shape index (κ2) is 13.1. The summed E-state index contributed by atoms with van der Waals surface area (Å²) in [6.07, 6.45) is 2.35. The van der Waals surface area contributed by atoms with Crippen LogP contribution in [0.15, 0.2) is 89.5 Å². The number of pyridine rings is 1. The maximum absolute atomic E-state index is 14.2. The zero-order valence-corrected chi connectivity index (χ0v) is 24.9. The zero-order chi connectivity index (χ0) is 32.3. The van der Waals surface area contributed by atoms with Gasteiger partial charge in [-0.25, -0.2) is 18.2 Å². The molecule has 1 saturated carbocycles. The lowest BCUT2D eigenvalue weighted by atomic mass is 9.95. The van der Waals surface area contributed by atoms with E-state index in [1.165, 1.54) is 12.1 Å². The van der Waals surface area contributed by atoms with Crippen molar-refractivity contribution in [2.24, 2.45) is 5.92 Å². The van der Waals surface area contributed by atoms with Crippen LogP contribution >= 0.6 is 0 Å². The van der Waals surface area contributed by atoms with Crippen LogP contribution in [0.3, 0.4) is 0 Å². The first-order valence-electron chi connectivity index (χ1n) is 15.1. The number of aryl methyl sites for hydroxylation is 1. The lowest BCUT2D eigenvalue weighted by Gasteiger charge is -2.16. The minimum absolute atomic E-state index is 0.0581. The van der Waals surface area contributed by atoms with Crippen molar-refractivity contribution in [3.05, 3.63) is 108 Å². The Bertz CT molecular complexity index is 1840. The number of alkyl halides is 2. The normalized spacial score (nSPS) is 15.9.